The monoisotopic (exact) mass is 283 g/mol. The maximum atomic E-state index is 14.1. The molecule has 1 N–H and O–H groups in total. The Bertz CT molecular complexity index is 701. The lowest BCUT2D eigenvalue weighted by atomic mass is 9.83. The molecule has 0 amide bonds. The first-order valence-electron chi connectivity index (χ1n) is 7.00. The second-order valence-electron chi connectivity index (χ2n) is 6.49. The molecule has 0 aliphatic carbocycles. The van der Waals surface area contributed by atoms with Gasteiger partial charge >= 0.3 is 0 Å². The zero-order chi connectivity index (χ0) is 15.6. The van der Waals surface area contributed by atoms with Gasteiger partial charge < -0.3 is 4.98 Å². The molecule has 0 saturated carbocycles. The van der Waals surface area contributed by atoms with Gasteiger partial charge in [0.2, 0.25) is 5.56 Å². The van der Waals surface area contributed by atoms with Crippen LogP contribution in [0.1, 0.15) is 31.9 Å². The molecular weight excluding hydrogens is 264 g/mol. The highest BCUT2D eigenvalue weighted by atomic mass is 19.1. The van der Waals surface area contributed by atoms with Gasteiger partial charge in [0.25, 0.3) is 0 Å². The van der Waals surface area contributed by atoms with Crippen LogP contribution in [-0.2, 0) is 12.7 Å². The maximum Gasteiger partial charge on any atom is 0.248 e. The van der Waals surface area contributed by atoms with Crippen LogP contribution in [-0.4, -0.2) is 12.8 Å². The summed E-state index contributed by atoms with van der Waals surface area (Å²) >= 11 is 0. The van der Waals surface area contributed by atoms with Crippen molar-refractivity contribution in [3.63, 3.8) is 0 Å². The summed E-state index contributed by atoms with van der Waals surface area (Å²) in [6.45, 7) is 6.38. The molecule has 21 heavy (non-hydrogen) atoms. The minimum absolute atomic E-state index is 0.0552. The molecule has 0 unspecified atom stereocenters. The first-order valence-corrected chi connectivity index (χ1v) is 7.00. The van der Waals surface area contributed by atoms with E-state index in [0.29, 0.717) is 11.9 Å². The number of nitrogens with one attached hydrogen (secondary N) is 1. The number of pyridine rings is 1. The molecule has 4 heteroatoms. The summed E-state index contributed by atoms with van der Waals surface area (Å²) in [7, 11) is 5.70. The predicted octanol–water partition coefficient (Wildman–Crippen LogP) is 3.44. The van der Waals surface area contributed by atoms with Crippen molar-refractivity contribution in [1.82, 2.24) is 4.98 Å². The Kier molecular flexibility index (Phi) is 4.36. The summed E-state index contributed by atoms with van der Waals surface area (Å²) < 4.78 is 14.1. The second-order valence-corrected chi connectivity index (χ2v) is 6.49. The molecule has 0 aliphatic rings. The summed E-state index contributed by atoms with van der Waals surface area (Å²) in [6, 6.07) is 7.03. The molecule has 0 atom stereocenters. The SMILES string of the molecule is [B]Cc1ccc(-c2cc(=O)[nH]cc2F)c(CC(C)(C)C)c1. The molecule has 2 rings (SSSR count). The molecule has 1 heterocycles. The Morgan fingerprint density at radius 1 is 1.19 bits per heavy atom. The van der Waals surface area contributed by atoms with Crippen LogP contribution >= 0.6 is 0 Å². The molecule has 108 valence electrons. The van der Waals surface area contributed by atoms with Crippen LogP contribution in [0, 0.1) is 11.2 Å². The fourth-order valence-corrected chi connectivity index (χ4v) is 2.41. The second kappa shape index (κ2) is 5.88. The minimum atomic E-state index is -0.426. The number of benzene rings is 1. The molecule has 0 fully saturated rings. The van der Waals surface area contributed by atoms with Gasteiger partial charge in [-0.25, -0.2) is 4.39 Å². The van der Waals surface area contributed by atoms with Gasteiger partial charge in [-0.15, -0.1) is 0 Å². The molecule has 0 spiro atoms. The van der Waals surface area contributed by atoms with E-state index in [1.165, 1.54) is 6.07 Å². The van der Waals surface area contributed by atoms with Crippen LogP contribution < -0.4 is 5.56 Å². The van der Waals surface area contributed by atoms with E-state index >= 15 is 0 Å². The standard InChI is InChI=1S/C17H19BFNO/c1-17(2,3)8-12-6-11(9-18)4-5-13(12)14-7-16(21)20-10-15(14)19/h4-7,10H,8-9H2,1-3H3,(H,20,21). The smallest absolute Gasteiger partial charge is 0.248 e. The summed E-state index contributed by atoms with van der Waals surface area (Å²) in [6.07, 6.45) is 2.33. The quantitative estimate of drug-likeness (QED) is 0.860. The fraction of sp³-hybridized carbons (Fsp3) is 0.353. The Morgan fingerprint density at radius 2 is 1.90 bits per heavy atom. The van der Waals surface area contributed by atoms with Crippen LogP contribution in [0.25, 0.3) is 11.1 Å². The van der Waals surface area contributed by atoms with Crippen molar-refractivity contribution in [2.75, 3.05) is 0 Å². The van der Waals surface area contributed by atoms with Crippen molar-refractivity contribution in [1.29, 1.82) is 0 Å². The Hall–Kier alpha value is -1.84. The highest BCUT2D eigenvalue weighted by Crippen LogP contribution is 2.31. The predicted molar refractivity (Wildman–Crippen MR) is 85.1 cm³/mol. The van der Waals surface area contributed by atoms with E-state index in [0.717, 1.165) is 29.3 Å². The van der Waals surface area contributed by atoms with Crippen molar-refractivity contribution in [2.45, 2.75) is 33.5 Å². The molecule has 1 aromatic heterocycles. The summed E-state index contributed by atoms with van der Waals surface area (Å²) in [5.74, 6) is -0.426. The first kappa shape index (κ1) is 15.6. The maximum absolute atomic E-state index is 14.1. The van der Waals surface area contributed by atoms with Gasteiger partial charge in [-0.1, -0.05) is 50.9 Å². The van der Waals surface area contributed by atoms with Gasteiger partial charge in [-0.05, 0) is 23.0 Å². The van der Waals surface area contributed by atoms with Gasteiger partial charge in [0.15, 0.2) is 0 Å². The van der Waals surface area contributed by atoms with Crippen LogP contribution in [0.15, 0.2) is 35.3 Å². The van der Waals surface area contributed by atoms with Crippen molar-refractivity contribution in [3.05, 3.63) is 57.8 Å². The van der Waals surface area contributed by atoms with Crippen molar-refractivity contribution in [3.8, 4) is 11.1 Å². The number of hydrogen-bond donors (Lipinski definition) is 1. The normalized spacial score (nSPS) is 11.6. The van der Waals surface area contributed by atoms with Gasteiger partial charge in [0.1, 0.15) is 5.82 Å². The lowest BCUT2D eigenvalue weighted by Gasteiger charge is -2.21. The third kappa shape index (κ3) is 3.84. The lowest BCUT2D eigenvalue weighted by molar-refractivity contribution is 0.411. The van der Waals surface area contributed by atoms with Gasteiger partial charge in [0.05, 0.1) is 7.85 Å². The topological polar surface area (TPSA) is 32.9 Å². The van der Waals surface area contributed by atoms with E-state index in [-0.39, 0.29) is 11.0 Å². The molecular formula is C17H19BFNO. The van der Waals surface area contributed by atoms with E-state index in [9.17, 15) is 9.18 Å². The van der Waals surface area contributed by atoms with Crippen LogP contribution in [0.4, 0.5) is 4.39 Å². The zero-order valence-electron chi connectivity index (χ0n) is 12.7. The number of H-pyrrole nitrogens is 1. The Labute approximate surface area is 125 Å². The molecule has 2 nitrogen and oxygen atoms in total. The Balaban J connectivity index is 2.62. The van der Waals surface area contributed by atoms with E-state index in [1.54, 1.807) is 0 Å². The first-order chi connectivity index (χ1) is 9.80. The molecule has 2 aromatic rings. The van der Waals surface area contributed by atoms with Crippen LogP contribution in [0.2, 0.25) is 0 Å². The lowest BCUT2D eigenvalue weighted by Crippen LogP contribution is -2.12. The zero-order valence-corrected chi connectivity index (χ0v) is 12.7. The van der Waals surface area contributed by atoms with Crippen LogP contribution in [0.3, 0.4) is 0 Å². The van der Waals surface area contributed by atoms with Gasteiger partial charge in [0, 0.05) is 17.8 Å². The van der Waals surface area contributed by atoms with Gasteiger partial charge in [-0.3, -0.25) is 4.79 Å². The average molecular weight is 283 g/mol. The number of halogens is 1. The molecule has 1 aromatic carbocycles. The summed E-state index contributed by atoms with van der Waals surface area (Å²) in [4.78, 5) is 13.8. The number of aromatic amines is 1. The molecule has 0 saturated heterocycles. The number of aromatic nitrogens is 1. The summed E-state index contributed by atoms with van der Waals surface area (Å²) in [5, 5.41) is 0. The third-order valence-electron chi connectivity index (χ3n) is 3.29. The van der Waals surface area contributed by atoms with E-state index in [2.05, 4.69) is 25.8 Å². The van der Waals surface area contributed by atoms with Crippen LogP contribution in [0.5, 0.6) is 0 Å². The number of rotatable bonds is 3. The molecule has 2 radical (unpaired) electrons. The van der Waals surface area contributed by atoms with E-state index < -0.39 is 5.82 Å². The fourth-order valence-electron chi connectivity index (χ4n) is 2.41. The van der Waals surface area contributed by atoms with Crippen molar-refractivity contribution in [2.24, 2.45) is 5.41 Å². The van der Waals surface area contributed by atoms with E-state index in [1.807, 2.05) is 18.2 Å². The van der Waals surface area contributed by atoms with E-state index in [4.69, 9.17) is 7.85 Å². The van der Waals surface area contributed by atoms with Crippen molar-refractivity contribution < 1.29 is 4.39 Å². The molecule has 0 bridgehead atoms. The minimum Gasteiger partial charge on any atom is -0.326 e. The molecule has 0 aliphatic heterocycles. The number of hydrogen-bond acceptors (Lipinski definition) is 1. The highest BCUT2D eigenvalue weighted by molar-refractivity contribution is 6.08. The third-order valence-corrected chi connectivity index (χ3v) is 3.29. The van der Waals surface area contributed by atoms with Gasteiger partial charge in [-0.2, -0.15) is 0 Å². The Morgan fingerprint density at radius 3 is 2.52 bits per heavy atom. The summed E-state index contributed by atoms with van der Waals surface area (Å²) in [5.41, 5.74) is 2.85. The largest absolute Gasteiger partial charge is 0.326 e. The average Bonchev–Trinajstić information content (AvgIpc) is 2.40. The van der Waals surface area contributed by atoms with Crippen molar-refractivity contribution >= 4 is 7.85 Å². The highest BCUT2D eigenvalue weighted by Gasteiger charge is 2.17.